The number of hydrogen-bond donors (Lipinski definition) is 2. The Labute approximate surface area is 111 Å². The molecule has 2 rings (SSSR count). The maximum Gasteiger partial charge on any atom is 0.274 e. The van der Waals surface area contributed by atoms with Crippen molar-refractivity contribution in [2.75, 3.05) is 11.9 Å². The number of rotatable bonds is 3. The van der Waals surface area contributed by atoms with Gasteiger partial charge in [-0.25, -0.2) is 0 Å². The number of benzene rings is 1. The summed E-state index contributed by atoms with van der Waals surface area (Å²) in [6.07, 6.45) is 2.92. The first-order valence-corrected chi connectivity index (χ1v) is 6.38. The molecule has 2 N–H and O–H groups in total. The average molecular weight is 263 g/mol. The minimum Gasteiger partial charge on any atom is -0.324 e. The highest BCUT2D eigenvalue weighted by Crippen LogP contribution is 2.25. The molecule has 1 aliphatic heterocycles. The minimum atomic E-state index is -0.441. The monoisotopic (exact) mass is 263 g/mol. The molecule has 0 aromatic heterocycles. The van der Waals surface area contributed by atoms with E-state index in [0.717, 1.165) is 25.8 Å². The Morgan fingerprint density at radius 3 is 2.89 bits per heavy atom. The van der Waals surface area contributed by atoms with Gasteiger partial charge in [0.25, 0.3) is 5.69 Å². The van der Waals surface area contributed by atoms with Gasteiger partial charge in [-0.2, -0.15) is 0 Å². The summed E-state index contributed by atoms with van der Waals surface area (Å²) in [6, 6.07) is 4.49. The van der Waals surface area contributed by atoms with Crippen LogP contribution in [0.4, 0.5) is 11.4 Å². The quantitative estimate of drug-likeness (QED) is 0.645. The Balaban J connectivity index is 2.12. The van der Waals surface area contributed by atoms with Crippen LogP contribution in [0.25, 0.3) is 0 Å². The largest absolute Gasteiger partial charge is 0.324 e. The van der Waals surface area contributed by atoms with Gasteiger partial charge in [0.1, 0.15) is 0 Å². The van der Waals surface area contributed by atoms with Crippen molar-refractivity contribution >= 4 is 17.3 Å². The zero-order valence-electron chi connectivity index (χ0n) is 10.8. The minimum absolute atomic E-state index is 0.0226. The first kappa shape index (κ1) is 13.5. The van der Waals surface area contributed by atoms with Crippen LogP contribution in [0, 0.1) is 17.0 Å². The zero-order chi connectivity index (χ0) is 13.8. The summed E-state index contributed by atoms with van der Waals surface area (Å²) in [4.78, 5) is 22.5. The number of nitro benzene ring substituents is 1. The van der Waals surface area contributed by atoms with Crippen molar-refractivity contribution in [3.8, 4) is 0 Å². The molecule has 0 radical (unpaired) electrons. The van der Waals surface area contributed by atoms with Gasteiger partial charge < -0.3 is 10.6 Å². The van der Waals surface area contributed by atoms with E-state index in [9.17, 15) is 14.9 Å². The Bertz CT molecular complexity index is 496. The van der Waals surface area contributed by atoms with Crippen molar-refractivity contribution in [2.24, 2.45) is 0 Å². The summed E-state index contributed by atoms with van der Waals surface area (Å²) < 4.78 is 0. The summed E-state index contributed by atoms with van der Waals surface area (Å²) in [5, 5.41) is 16.8. The van der Waals surface area contributed by atoms with Gasteiger partial charge in [0.05, 0.1) is 22.2 Å². The van der Waals surface area contributed by atoms with Crippen molar-refractivity contribution < 1.29 is 9.72 Å². The van der Waals surface area contributed by atoms with Crippen LogP contribution in [0.3, 0.4) is 0 Å². The predicted octanol–water partition coefficient (Wildman–Crippen LogP) is 1.98. The molecule has 0 bridgehead atoms. The van der Waals surface area contributed by atoms with Crippen LogP contribution in [0.15, 0.2) is 18.2 Å². The van der Waals surface area contributed by atoms with Gasteiger partial charge >= 0.3 is 0 Å². The third-order valence-corrected chi connectivity index (χ3v) is 3.39. The van der Waals surface area contributed by atoms with Crippen LogP contribution in [-0.4, -0.2) is 23.4 Å². The molecule has 1 heterocycles. The molecule has 6 heteroatoms. The highest BCUT2D eigenvalue weighted by molar-refractivity contribution is 5.96. The van der Waals surface area contributed by atoms with Gasteiger partial charge in [-0.15, -0.1) is 0 Å². The van der Waals surface area contributed by atoms with Crippen LogP contribution in [0.1, 0.15) is 24.8 Å². The molecule has 1 fully saturated rings. The lowest BCUT2D eigenvalue weighted by Gasteiger charge is -2.22. The molecule has 1 saturated heterocycles. The normalized spacial score (nSPS) is 18.9. The number of nitrogens with zero attached hydrogens (tertiary/aromatic N) is 1. The summed E-state index contributed by atoms with van der Waals surface area (Å²) >= 11 is 0. The molecule has 0 unspecified atom stereocenters. The lowest BCUT2D eigenvalue weighted by Crippen LogP contribution is -2.43. The van der Waals surface area contributed by atoms with Crippen molar-refractivity contribution in [1.82, 2.24) is 5.32 Å². The molecule has 1 aromatic rings. The lowest BCUT2D eigenvalue weighted by atomic mass is 10.0. The fourth-order valence-corrected chi connectivity index (χ4v) is 2.25. The van der Waals surface area contributed by atoms with Crippen LogP contribution in [0.5, 0.6) is 0 Å². The van der Waals surface area contributed by atoms with E-state index in [0.29, 0.717) is 11.3 Å². The molecule has 1 aromatic carbocycles. The molecule has 0 saturated carbocycles. The van der Waals surface area contributed by atoms with E-state index in [4.69, 9.17) is 0 Å². The first-order valence-electron chi connectivity index (χ1n) is 6.38. The summed E-state index contributed by atoms with van der Waals surface area (Å²) in [5.41, 5.74) is 1.01. The topological polar surface area (TPSA) is 84.3 Å². The third kappa shape index (κ3) is 3.08. The summed E-state index contributed by atoms with van der Waals surface area (Å²) in [6.45, 7) is 2.48. The van der Waals surface area contributed by atoms with Gasteiger partial charge in [-0.05, 0) is 32.4 Å². The molecular weight excluding hydrogens is 246 g/mol. The van der Waals surface area contributed by atoms with Crippen molar-refractivity contribution in [3.63, 3.8) is 0 Å². The standard InChI is InChI=1S/C13H17N3O3/c1-9-10(6-4-7-12(9)16(18)19)15-13(17)11-5-2-3-8-14-11/h4,6-7,11,14H,2-3,5,8H2,1H3,(H,15,17)/t11-/m1/s1. The van der Waals surface area contributed by atoms with Gasteiger partial charge in [-0.3, -0.25) is 14.9 Å². The van der Waals surface area contributed by atoms with Crippen molar-refractivity contribution in [3.05, 3.63) is 33.9 Å². The average Bonchev–Trinajstić information content (AvgIpc) is 2.41. The molecule has 1 amide bonds. The summed E-state index contributed by atoms with van der Waals surface area (Å²) in [7, 11) is 0. The Kier molecular flexibility index (Phi) is 4.11. The maximum absolute atomic E-state index is 12.1. The van der Waals surface area contributed by atoms with Gasteiger partial charge in [0.15, 0.2) is 0 Å². The molecule has 0 aliphatic carbocycles. The zero-order valence-corrected chi connectivity index (χ0v) is 10.8. The molecule has 6 nitrogen and oxygen atoms in total. The van der Waals surface area contributed by atoms with E-state index < -0.39 is 4.92 Å². The van der Waals surface area contributed by atoms with E-state index in [1.54, 1.807) is 19.1 Å². The highest BCUT2D eigenvalue weighted by Gasteiger charge is 2.22. The van der Waals surface area contributed by atoms with Gasteiger partial charge in [0, 0.05) is 6.07 Å². The van der Waals surface area contributed by atoms with E-state index >= 15 is 0 Å². The number of amides is 1. The molecule has 102 valence electrons. The Hall–Kier alpha value is -1.95. The molecule has 1 aliphatic rings. The summed E-state index contributed by atoms with van der Waals surface area (Å²) in [5.74, 6) is -0.122. The predicted molar refractivity (Wildman–Crippen MR) is 72.1 cm³/mol. The van der Waals surface area contributed by atoms with Gasteiger partial charge in [0.2, 0.25) is 5.91 Å². The lowest BCUT2D eigenvalue weighted by molar-refractivity contribution is -0.385. The third-order valence-electron chi connectivity index (χ3n) is 3.39. The molecule has 0 spiro atoms. The van der Waals surface area contributed by atoms with E-state index in [1.807, 2.05) is 0 Å². The number of carbonyl (C=O) groups excluding carboxylic acids is 1. The van der Waals surface area contributed by atoms with Crippen LogP contribution < -0.4 is 10.6 Å². The van der Waals surface area contributed by atoms with Crippen molar-refractivity contribution in [2.45, 2.75) is 32.2 Å². The van der Waals surface area contributed by atoms with E-state index in [-0.39, 0.29) is 17.6 Å². The number of anilines is 1. The van der Waals surface area contributed by atoms with Crippen LogP contribution in [0.2, 0.25) is 0 Å². The number of carbonyl (C=O) groups is 1. The number of nitro groups is 1. The van der Waals surface area contributed by atoms with Crippen LogP contribution in [-0.2, 0) is 4.79 Å². The second-order valence-electron chi connectivity index (χ2n) is 4.70. The second-order valence-corrected chi connectivity index (χ2v) is 4.70. The highest BCUT2D eigenvalue weighted by atomic mass is 16.6. The Morgan fingerprint density at radius 1 is 1.47 bits per heavy atom. The molecule has 19 heavy (non-hydrogen) atoms. The van der Waals surface area contributed by atoms with E-state index in [1.165, 1.54) is 6.07 Å². The maximum atomic E-state index is 12.1. The SMILES string of the molecule is Cc1c(NC(=O)[C@H]2CCCCN2)cccc1[N+](=O)[O-]. The number of hydrogen-bond acceptors (Lipinski definition) is 4. The number of piperidine rings is 1. The van der Waals surface area contributed by atoms with Crippen LogP contribution >= 0.6 is 0 Å². The number of nitrogens with one attached hydrogen (secondary N) is 2. The molecule has 1 atom stereocenters. The van der Waals surface area contributed by atoms with Gasteiger partial charge in [-0.1, -0.05) is 12.5 Å². The second kappa shape index (κ2) is 5.79. The van der Waals surface area contributed by atoms with E-state index in [2.05, 4.69) is 10.6 Å². The fraction of sp³-hybridized carbons (Fsp3) is 0.462. The fourth-order valence-electron chi connectivity index (χ4n) is 2.25. The van der Waals surface area contributed by atoms with Crippen molar-refractivity contribution in [1.29, 1.82) is 0 Å². The smallest absolute Gasteiger partial charge is 0.274 e. The first-order chi connectivity index (χ1) is 9.09. The Morgan fingerprint density at radius 2 is 2.26 bits per heavy atom. The molecular formula is C13H17N3O3.